The SMILES string of the molecule is CCOC(=O)C1=C(CSc2nc3c(c(-c4cccs4)c2C#N)CN(C)CC3)OC(N)=C(C#N)[C@H]1c1ccccc1Cl. The summed E-state index contributed by atoms with van der Waals surface area (Å²) in [4.78, 5) is 21.5. The number of allylic oxidation sites excluding steroid dienone is 1. The van der Waals surface area contributed by atoms with Crippen molar-refractivity contribution in [3.8, 4) is 22.6 Å². The molecule has 0 amide bonds. The quantitative estimate of drug-likeness (QED) is 0.266. The number of benzene rings is 1. The Labute approximate surface area is 251 Å². The van der Waals surface area contributed by atoms with Crippen LogP contribution in [0.3, 0.4) is 0 Å². The van der Waals surface area contributed by atoms with Gasteiger partial charge in [0.2, 0.25) is 5.88 Å². The number of thioether (sulfide) groups is 1. The Balaban J connectivity index is 1.62. The van der Waals surface area contributed by atoms with Gasteiger partial charge >= 0.3 is 5.97 Å². The van der Waals surface area contributed by atoms with Gasteiger partial charge in [0, 0.05) is 40.7 Å². The molecule has 0 spiro atoms. The van der Waals surface area contributed by atoms with Crippen LogP contribution in [0.1, 0.15) is 35.2 Å². The minimum Gasteiger partial charge on any atom is -0.463 e. The standard InChI is InChI=1S/C30H26ClN5O3S2/c1-3-38-30(37)27-23(39-28(34)18(13-32)26(27)17-7-4-5-8-21(17)31)16-41-29-19(14-33)25(24-9-6-12-40-24)20-15-36(2)11-10-22(20)35-29/h4-9,12,26H,3,10-11,15-16,34H2,1-2H3/t26-/m1/s1. The molecule has 8 nitrogen and oxygen atoms in total. The highest BCUT2D eigenvalue weighted by Gasteiger charge is 2.39. The van der Waals surface area contributed by atoms with Gasteiger partial charge in [-0.05, 0) is 42.6 Å². The molecule has 2 N–H and O–H groups in total. The topological polar surface area (TPSA) is 125 Å². The van der Waals surface area contributed by atoms with Crippen molar-refractivity contribution in [1.82, 2.24) is 9.88 Å². The first-order valence-corrected chi connectivity index (χ1v) is 15.1. The van der Waals surface area contributed by atoms with E-state index in [0.29, 0.717) is 27.7 Å². The van der Waals surface area contributed by atoms with E-state index >= 15 is 0 Å². The molecule has 2 aliphatic rings. The lowest BCUT2D eigenvalue weighted by molar-refractivity contribution is -0.139. The van der Waals surface area contributed by atoms with E-state index in [2.05, 4.69) is 24.1 Å². The van der Waals surface area contributed by atoms with Crippen LogP contribution in [0, 0.1) is 22.7 Å². The van der Waals surface area contributed by atoms with Crippen molar-refractivity contribution in [2.24, 2.45) is 5.73 Å². The summed E-state index contributed by atoms with van der Waals surface area (Å²) in [5.74, 6) is -1.26. The summed E-state index contributed by atoms with van der Waals surface area (Å²) in [5, 5.41) is 23.2. The number of aromatic nitrogens is 1. The van der Waals surface area contributed by atoms with E-state index in [1.165, 1.54) is 11.8 Å². The fourth-order valence-electron chi connectivity index (χ4n) is 5.08. The van der Waals surface area contributed by atoms with Crippen molar-refractivity contribution >= 4 is 40.7 Å². The van der Waals surface area contributed by atoms with Gasteiger partial charge in [0.1, 0.15) is 28.5 Å². The maximum atomic E-state index is 13.4. The summed E-state index contributed by atoms with van der Waals surface area (Å²) < 4.78 is 11.3. The third kappa shape index (κ3) is 5.57. The highest BCUT2D eigenvalue weighted by atomic mass is 35.5. The van der Waals surface area contributed by atoms with Crippen LogP contribution in [0.25, 0.3) is 10.4 Å². The average Bonchev–Trinajstić information content (AvgIpc) is 3.50. The van der Waals surface area contributed by atoms with Gasteiger partial charge in [-0.2, -0.15) is 10.5 Å². The Kier molecular flexibility index (Phi) is 8.67. The van der Waals surface area contributed by atoms with Gasteiger partial charge in [-0.25, -0.2) is 9.78 Å². The Morgan fingerprint density at radius 1 is 1.29 bits per heavy atom. The Hall–Kier alpha value is -3.80. The van der Waals surface area contributed by atoms with E-state index in [1.807, 2.05) is 17.5 Å². The number of halogens is 1. The first-order valence-electron chi connectivity index (χ1n) is 12.9. The molecule has 0 radical (unpaired) electrons. The van der Waals surface area contributed by atoms with E-state index in [4.69, 9.17) is 31.8 Å². The van der Waals surface area contributed by atoms with Crippen LogP contribution in [0.5, 0.6) is 0 Å². The number of likely N-dealkylation sites (N-methyl/N-ethyl adjacent to an activating group) is 1. The molecule has 2 aliphatic heterocycles. The molecule has 0 aliphatic carbocycles. The van der Waals surface area contributed by atoms with Gasteiger partial charge in [0.05, 0.1) is 29.4 Å². The second-order valence-electron chi connectivity index (χ2n) is 9.46. The third-order valence-corrected chi connectivity index (χ3v) is 9.14. The van der Waals surface area contributed by atoms with Gasteiger partial charge in [-0.1, -0.05) is 47.6 Å². The minimum absolute atomic E-state index is 0.0728. The first kappa shape index (κ1) is 28.7. The maximum absolute atomic E-state index is 13.4. The molecule has 4 heterocycles. The predicted octanol–water partition coefficient (Wildman–Crippen LogP) is 5.74. The normalized spacial score (nSPS) is 17.0. The van der Waals surface area contributed by atoms with Crippen molar-refractivity contribution in [1.29, 1.82) is 10.5 Å². The molecule has 11 heteroatoms. The van der Waals surface area contributed by atoms with Crippen LogP contribution in [0.2, 0.25) is 5.02 Å². The second-order valence-corrected chi connectivity index (χ2v) is 11.8. The smallest absolute Gasteiger partial charge is 0.338 e. The van der Waals surface area contributed by atoms with Crippen molar-refractivity contribution in [2.75, 3.05) is 26.0 Å². The predicted molar refractivity (Wildman–Crippen MR) is 159 cm³/mol. The fraction of sp³-hybridized carbons (Fsp3) is 0.267. The van der Waals surface area contributed by atoms with Gasteiger partial charge in [0.25, 0.3) is 0 Å². The maximum Gasteiger partial charge on any atom is 0.338 e. The second kappa shape index (κ2) is 12.4. The molecule has 5 rings (SSSR count). The van der Waals surface area contributed by atoms with E-state index in [0.717, 1.165) is 34.7 Å². The number of nitriles is 2. The Morgan fingerprint density at radius 2 is 2.10 bits per heavy atom. The fourth-order valence-corrected chi connectivity index (χ4v) is 7.08. The zero-order valence-electron chi connectivity index (χ0n) is 22.4. The number of esters is 1. The number of nitrogens with zero attached hydrogens (tertiary/aromatic N) is 4. The minimum atomic E-state index is -0.874. The zero-order chi connectivity index (χ0) is 29.1. The number of carbonyl (C=O) groups excluding carboxylic acids is 1. The molecule has 0 unspecified atom stereocenters. The van der Waals surface area contributed by atoms with Gasteiger partial charge < -0.3 is 20.1 Å². The summed E-state index contributed by atoms with van der Waals surface area (Å²) in [6.07, 6.45) is 0.756. The third-order valence-electron chi connectivity index (χ3n) is 6.94. The van der Waals surface area contributed by atoms with Crippen molar-refractivity contribution < 1.29 is 14.3 Å². The van der Waals surface area contributed by atoms with Crippen LogP contribution < -0.4 is 5.73 Å². The number of ether oxygens (including phenoxy) is 2. The highest BCUT2D eigenvalue weighted by Crippen LogP contribution is 2.44. The Bertz CT molecular complexity index is 1650. The number of hydrogen-bond acceptors (Lipinski definition) is 10. The molecule has 3 aromatic rings. The van der Waals surface area contributed by atoms with E-state index in [-0.39, 0.29) is 35.1 Å². The van der Waals surface area contributed by atoms with E-state index in [9.17, 15) is 15.3 Å². The summed E-state index contributed by atoms with van der Waals surface area (Å²) in [6, 6.07) is 15.4. The highest BCUT2D eigenvalue weighted by molar-refractivity contribution is 7.99. The number of rotatable bonds is 7. The largest absolute Gasteiger partial charge is 0.463 e. The van der Waals surface area contributed by atoms with Crippen LogP contribution in [-0.2, 0) is 27.2 Å². The van der Waals surface area contributed by atoms with Gasteiger partial charge in [0.15, 0.2) is 0 Å². The number of nitrogens with two attached hydrogens (primary N) is 1. The van der Waals surface area contributed by atoms with Crippen molar-refractivity contribution in [3.05, 3.63) is 92.0 Å². The van der Waals surface area contributed by atoms with Crippen molar-refractivity contribution in [3.63, 3.8) is 0 Å². The van der Waals surface area contributed by atoms with Crippen LogP contribution in [0.15, 0.2) is 69.6 Å². The Morgan fingerprint density at radius 3 is 2.78 bits per heavy atom. The van der Waals surface area contributed by atoms with Crippen molar-refractivity contribution in [2.45, 2.75) is 30.8 Å². The molecule has 1 aromatic carbocycles. The van der Waals surface area contributed by atoms with Crippen LogP contribution in [-0.4, -0.2) is 41.8 Å². The first-order chi connectivity index (χ1) is 19.9. The average molecular weight is 604 g/mol. The molecule has 41 heavy (non-hydrogen) atoms. The molecule has 1 atom stereocenters. The summed E-state index contributed by atoms with van der Waals surface area (Å²) in [5.41, 5.74) is 10.4. The number of thiophene rings is 1. The molecular weight excluding hydrogens is 578 g/mol. The summed E-state index contributed by atoms with van der Waals surface area (Å²) in [6.45, 7) is 3.39. The van der Waals surface area contributed by atoms with Gasteiger partial charge in [-0.3, -0.25) is 0 Å². The van der Waals surface area contributed by atoms with E-state index in [1.54, 1.807) is 42.5 Å². The lowest BCUT2D eigenvalue weighted by atomic mass is 9.83. The molecule has 208 valence electrons. The monoisotopic (exact) mass is 603 g/mol. The molecule has 0 saturated heterocycles. The van der Waals surface area contributed by atoms with Gasteiger partial charge in [-0.15, -0.1) is 11.3 Å². The summed E-state index contributed by atoms with van der Waals surface area (Å²) >= 11 is 9.40. The zero-order valence-corrected chi connectivity index (χ0v) is 24.8. The molecule has 2 aromatic heterocycles. The lowest BCUT2D eigenvalue weighted by Gasteiger charge is -2.29. The number of carbonyl (C=O) groups is 1. The molecular formula is C30H26ClN5O3S2. The molecule has 0 bridgehead atoms. The molecule has 0 fully saturated rings. The van der Waals surface area contributed by atoms with Crippen LogP contribution >= 0.6 is 34.7 Å². The summed E-state index contributed by atoms with van der Waals surface area (Å²) in [7, 11) is 2.06. The molecule has 0 saturated carbocycles. The lowest BCUT2D eigenvalue weighted by Crippen LogP contribution is -2.28. The number of pyridine rings is 1. The number of hydrogen-bond donors (Lipinski definition) is 1. The van der Waals surface area contributed by atoms with Crippen LogP contribution in [0.4, 0.5) is 0 Å². The number of fused-ring (bicyclic) bond motifs is 1. The van der Waals surface area contributed by atoms with E-state index < -0.39 is 11.9 Å².